The van der Waals surface area contributed by atoms with E-state index in [9.17, 15) is 0 Å². The minimum Gasteiger partial charge on any atom is -0.343 e. The number of anilines is 1. The highest BCUT2D eigenvalue weighted by atomic mass is 16.5. The normalized spacial score (nSPS) is 12.0. The fraction of sp³-hybridized carbons (Fsp3) is 0.200. The third kappa shape index (κ3) is 3.71. The van der Waals surface area contributed by atoms with Crippen molar-refractivity contribution in [2.24, 2.45) is 0 Å². The van der Waals surface area contributed by atoms with E-state index < -0.39 is 0 Å². The topological polar surface area (TPSA) is 103 Å². The summed E-state index contributed by atoms with van der Waals surface area (Å²) in [6.07, 6.45) is 3.40. The summed E-state index contributed by atoms with van der Waals surface area (Å²) in [4.78, 5) is 22.0. The molecule has 0 radical (unpaired) electrons. The van der Waals surface area contributed by atoms with E-state index in [1.807, 2.05) is 57.2 Å². The van der Waals surface area contributed by atoms with Gasteiger partial charge < -0.3 is 9.84 Å². The molecule has 4 aromatic heterocycles. The van der Waals surface area contributed by atoms with Gasteiger partial charge in [0.25, 0.3) is 0 Å². The summed E-state index contributed by atoms with van der Waals surface area (Å²) < 4.78 is 5.37. The lowest BCUT2D eigenvalue weighted by atomic mass is 10.1. The van der Waals surface area contributed by atoms with Crippen LogP contribution in [0.3, 0.4) is 0 Å². The third-order valence-electron chi connectivity index (χ3n) is 4.21. The van der Waals surface area contributed by atoms with Crippen molar-refractivity contribution in [1.29, 1.82) is 0 Å². The van der Waals surface area contributed by atoms with Gasteiger partial charge in [0.2, 0.25) is 17.7 Å². The molecule has 1 atom stereocenters. The second-order valence-corrected chi connectivity index (χ2v) is 6.39. The third-order valence-corrected chi connectivity index (χ3v) is 4.21. The van der Waals surface area contributed by atoms with Crippen LogP contribution < -0.4 is 5.32 Å². The molecule has 8 heteroatoms. The van der Waals surface area contributed by atoms with Crippen LogP contribution >= 0.6 is 0 Å². The second-order valence-electron chi connectivity index (χ2n) is 6.39. The molecule has 0 aliphatic heterocycles. The largest absolute Gasteiger partial charge is 0.343 e. The van der Waals surface area contributed by atoms with Crippen LogP contribution in [-0.2, 0) is 0 Å². The zero-order valence-corrected chi connectivity index (χ0v) is 15.8. The van der Waals surface area contributed by atoms with Gasteiger partial charge in [0, 0.05) is 29.3 Å². The maximum Gasteiger partial charge on any atom is 0.249 e. The van der Waals surface area contributed by atoms with Gasteiger partial charge in [-0.25, -0.2) is 9.97 Å². The van der Waals surface area contributed by atoms with Crippen LogP contribution in [0.5, 0.6) is 0 Å². The van der Waals surface area contributed by atoms with E-state index in [4.69, 9.17) is 4.52 Å². The van der Waals surface area contributed by atoms with Gasteiger partial charge in [-0.15, -0.1) is 0 Å². The predicted octanol–water partition coefficient (Wildman–Crippen LogP) is 3.77. The average molecular weight is 373 g/mol. The molecule has 0 unspecified atom stereocenters. The molecule has 4 aromatic rings. The van der Waals surface area contributed by atoms with Crippen LogP contribution in [0.4, 0.5) is 5.95 Å². The summed E-state index contributed by atoms with van der Waals surface area (Å²) in [5.74, 6) is 1.35. The number of nitrogens with zero attached hydrogens (tertiary/aromatic N) is 6. The lowest BCUT2D eigenvalue weighted by Gasteiger charge is -2.11. The minimum absolute atomic E-state index is 0.266. The average Bonchev–Trinajstić information content (AvgIpc) is 3.19. The number of hydrogen-bond donors (Lipinski definition) is 1. The number of nitrogens with one attached hydrogen (secondary N) is 1. The first-order chi connectivity index (χ1) is 13.6. The summed E-state index contributed by atoms with van der Waals surface area (Å²) in [5.41, 5.74) is 4.33. The molecule has 0 fully saturated rings. The van der Waals surface area contributed by atoms with Gasteiger partial charge in [0.15, 0.2) is 0 Å². The predicted molar refractivity (Wildman–Crippen MR) is 104 cm³/mol. The summed E-state index contributed by atoms with van der Waals surface area (Å²) in [6, 6.07) is 11.1. The molecule has 4 heterocycles. The zero-order chi connectivity index (χ0) is 19.5. The van der Waals surface area contributed by atoms with Crippen LogP contribution in [0.2, 0.25) is 0 Å². The Hall–Kier alpha value is -3.68. The summed E-state index contributed by atoms with van der Waals surface area (Å²) in [6.45, 7) is 5.84. The maximum absolute atomic E-state index is 5.37. The van der Waals surface area contributed by atoms with Gasteiger partial charge in [-0.2, -0.15) is 4.98 Å². The number of aryl methyl sites for hydroxylation is 2. The van der Waals surface area contributed by atoms with Crippen LogP contribution in [0.1, 0.15) is 30.2 Å². The lowest BCUT2D eigenvalue weighted by molar-refractivity contribution is 0.367. The second kappa shape index (κ2) is 7.51. The highest BCUT2D eigenvalue weighted by Crippen LogP contribution is 2.23. The molecular formula is C20H19N7O. The Morgan fingerprint density at radius 3 is 2.57 bits per heavy atom. The summed E-state index contributed by atoms with van der Waals surface area (Å²) in [7, 11) is 0. The van der Waals surface area contributed by atoms with Gasteiger partial charge in [0.1, 0.15) is 11.7 Å². The van der Waals surface area contributed by atoms with Gasteiger partial charge in [-0.05, 0) is 51.1 Å². The first-order valence-electron chi connectivity index (χ1n) is 8.89. The van der Waals surface area contributed by atoms with E-state index in [0.717, 1.165) is 22.6 Å². The van der Waals surface area contributed by atoms with Crippen LogP contribution in [0.15, 0.2) is 53.3 Å². The summed E-state index contributed by atoms with van der Waals surface area (Å²) in [5, 5.41) is 7.20. The Morgan fingerprint density at radius 1 is 0.893 bits per heavy atom. The van der Waals surface area contributed by atoms with Gasteiger partial charge in [-0.1, -0.05) is 11.2 Å². The molecule has 140 valence electrons. The molecule has 0 spiro atoms. The van der Waals surface area contributed by atoms with Crippen molar-refractivity contribution in [2.75, 3.05) is 5.32 Å². The first kappa shape index (κ1) is 17.7. The van der Waals surface area contributed by atoms with Gasteiger partial charge >= 0.3 is 0 Å². The molecule has 0 aliphatic rings. The Labute approximate surface area is 162 Å². The van der Waals surface area contributed by atoms with Crippen molar-refractivity contribution < 1.29 is 4.52 Å². The van der Waals surface area contributed by atoms with Gasteiger partial charge in [0.05, 0.1) is 5.69 Å². The molecule has 1 N–H and O–H groups in total. The van der Waals surface area contributed by atoms with Crippen LogP contribution in [-0.4, -0.2) is 30.1 Å². The lowest BCUT2D eigenvalue weighted by Crippen LogP contribution is -2.10. The van der Waals surface area contributed by atoms with Crippen molar-refractivity contribution in [1.82, 2.24) is 30.1 Å². The van der Waals surface area contributed by atoms with Crippen molar-refractivity contribution in [2.45, 2.75) is 26.8 Å². The number of rotatable bonds is 5. The first-order valence-corrected chi connectivity index (χ1v) is 8.89. The Balaban J connectivity index is 1.54. The standard InChI is InChI=1S/C20H19N7O/c1-12-7-8-15(13(2)23-12)16-9-11-22-20(25-16)24-14(3)19-26-18(27-28-19)17-6-4-5-10-21-17/h4-11,14H,1-3H3,(H,22,24,25)/t14-/m1/s1. The van der Waals surface area contributed by atoms with E-state index in [1.54, 1.807) is 12.4 Å². The molecule has 0 aliphatic carbocycles. The minimum atomic E-state index is -0.266. The molecule has 8 nitrogen and oxygen atoms in total. The van der Waals surface area contributed by atoms with Crippen molar-refractivity contribution in [3.63, 3.8) is 0 Å². The maximum atomic E-state index is 5.37. The number of aromatic nitrogens is 6. The quantitative estimate of drug-likeness (QED) is 0.564. The van der Waals surface area contributed by atoms with Gasteiger partial charge in [-0.3, -0.25) is 9.97 Å². The molecular weight excluding hydrogens is 354 g/mol. The zero-order valence-electron chi connectivity index (χ0n) is 15.8. The van der Waals surface area contributed by atoms with Crippen molar-refractivity contribution in [3.05, 3.63) is 66.1 Å². The van der Waals surface area contributed by atoms with E-state index >= 15 is 0 Å². The summed E-state index contributed by atoms with van der Waals surface area (Å²) >= 11 is 0. The molecule has 0 amide bonds. The fourth-order valence-corrected chi connectivity index (χ4v) is 2.80. The Bertz CT molecular complexity index is 1090. The van der Waals surface area contributed by atoms with E-state index in [1.165, 1.54) is 0 Å². The fourth-order valence-electron chi connectivity index (χ4n) is 2.80. The highest BCUT2D eigenvalue weighted by Gasteiger charge is 2.17. The molecule has 28 heavy (non-hydrogen) atoms. The SMILES string of the molecule is Cc1ccc(-c2ccnc(N[C@H](C)c3nc(-c4ccccn4)no3)n2)c(C)n1. The van der Waals surface area contributed by atoms with Crippen LogP contribution in [0, 0.1) is 13.8 Å². The Morgan fingerprint density at radius 2 is 1.79 bits per heavy atom. The number of hydrogen-bond acceptors (Lipinski definition) is 8. The van der Waals surface area contributed by atoms with Crippen molar-refractivity contribution >= 4 is 5.95 Å². The molecule has 4 rings (SSSR count). The smallest absolute Gasteiger partial charge is 0.249 e. The molecule has 0 saturated carbocycles. The highest BCUT2D eigenvalue weighted by molar-refractivity contribution is 5.62. The van der Waals surface area contributed by atoms with Crippen molar-refractivity contribution in [3.8, 4) is 22.8 Å². The van der Waals surface area contributed by atoms with Crippen LogP contribution in [0.25, 0.3) is 22.8 Å². The monoisotopic (exact) mass is 373 g/mol. The van der Waals surface area contributed by atoms with E-state index in [2.05, 4.69) is 35.4 Å². The van der Waals surface area contributed by atoms with E-state index in [0.29, 0.717) is 23.4 Å². The molecule has 0 saturated heterocycles. The molecule has 0 aromatic carbocycles. The van der Waals surface area contributed by atoms with E-state index in [-0.39, 0.29) is 6.04 Å². The number of pyridine rings is 2. The Kier molecular flexibility index (Phi) is 4.76. The molecule has 0 bridgehead atoms.